The zero-order valence-corrected chi connectivity index (χ0v) is 10.6. The molecule has 0 atom stereocenters. The molecule has 1 N–H and O–H groups in total. The van der Waals surface area contributed by atoms with E-state index in [2.05, 4.69) is 16.4 Å². The van der Waals surface area contributed by atoms with E-state index in [-0.39, 0.29) is 0 Å². The van der Waals surface area contributed by atoms with E-state index in [9.17, 15) is 0 Å². The number of nitrogens with zero attached hydrogens (tertiary/aromatic N) is 2. The van der Waals surface area contributed by atoms with E-state index < -0.39 is 0 Å². The number of ether oxygens (including phenoxy) is 2. The molecule has 1 aliphatic heterocycles. The molecule has 0 bridgehead atoms. The van der Waals surface area contributed by atoms with Crippen LogP contribution in [0.5, 0.6) is 11.5 Å². The van der Waals surface area contributed by atoms with Gasteiger partial charge in [-0.2, -0.15) is 5.26 Å². The third-order valence-electron chi connectivity index (χ3n) is 3.11. The van der Waals surface area contributed by atoms with Gasteiger partial charge in [0.25, 0.3) is 0 Å². The first-order valence-corrected chi connectivity index (χ1v) is 6.13. The van der Waals surface area contributed by atoms with Crippen molar-refractivity contribution in [1.82, 2.24) is 4.98 Å². The summed E-state index contributed by atoms with van der Waals surface area (Å²) in [6.07, 6.45) is 2.43. The molecule has 0 fully saturated rings. The number of hydrogen-bond donors (Lipinski definition) is 1. The number of rotatable bonds is 1. The van der Waals surface area contributed by atoms with E-state index in [0.29, 0.717) is 30.3 Å². The molecule has 0 spiro atoms. The number of nitriles is 1. The van der Waals surface area contributed by atoms with Gasteiger partial charge in [-0.05, 0) is 6.07 Å². The minimum atomic E-state index is 0.518. The maximum absolute atomic E-state index is 9.11. The Kier molecular flexibility index (Phi) is 2.84. The number of pyridine rings is 1. The lowest BCUT2D eigenvalue weighted by molar-refractivity contribution is 0.297. The molecule has 5 heteroatoms. The molecule has 19 heavy (non-hydrogen) atoms. The second-order valence-electron chi connectivity index (χ2n) is 4.28. The quantitative estimate of drug-likeness (QED) is 0.847. The maximum Gasteiger partial charge on any atom is 0.163 e. The predicted molar refractivity (Wildman–Crippen MR) is 71.6 cm³/mol. The summed E-state index contributed by atoms with van der Waals surface area (Å²) in [6.45, 7) is 1.28. The third kappa shape index (κ3) is 1.91. The summed E-state index contributed by atoms with van der Waals surface area (Å²) in [5, 5.41) is 13.0. The molecule has 0 saturated heterocycles. The fourth-order valence-corrected chi connectivity index (χ4v) is 2.20. The molecular formula is C14H13N3O2. The first-order chi connectivity index (χ1) is 9.33. The van der Waals surface area contributed by atoms with Crippen LogP contribution in [0.1, 0.15) is 12.0 Å². The molecule has 1 aromatic heterocycles. The lowest BCUT2D eigenvalue weighted by atomic mass is 10.1. The van der Waals surface area contributed by atoms with Gasteiger partial charge in [0, 0.05) is 31.1 Å². The molecular weight excluding hydrogens is 242 g/mol. The molecule has 1 aliphatic rings. The second kappa shape index (κ2) is 4.65. The second-order valence-corrected chi connectivity index (χ2v) is 4.28. The number of aromatic nitrogens is 1. The smallest absolute Gasteiger partial charge is 0.163 e. The van der Waals surface area contributed by atoms with Crippen LogP contribution in [0.15, 0.2) is 18.3 Å². The fourth-order valence-electron chi connectivity index (χ4n) is 2.20. The lowest BCUT2D eigenvalue weighted by Crippen LogP contribution is -1.97. The van der Waals surface area contributed by atoms with Gasteiger partial charge in [-0.25, -0.2) is 0 Å². The number of anilines is 1. The number of benzene rings is 1. The van der Waals surface area contributed by atoms with Crippen molar-refractivity contribution in [3.63, 3.8) is 0 Å². The van der Waals surface area contributed by atoms with E-state index in [1.54, 1.807) is 13.2 Å². The van der Waals surface area contributed by atoms with Crippen LogP contribution < -0.4 is 14.8 Å². The highest BCUT2D eigenvalue weighted by atomic mass is 16.5. The third-order valence-corrected chi connectivity index (χ3v) is 3.11. The van der Waals surface area contributed by atoms with E-state index >= 15 is 0 Å². The Morgan fingerprint density at radius 2 is 2.00 bits per heavy atom. The summed E-state index contributed by atoms with van der Waals surface area (Å²) in [5.41, 5.74) is 2.07. The van der Waals surface area contributed by atoms with E-state index in [0.717, 1.165) is 23.0 Å². The highest BCUT2D eigenvalue weighted by Gasteiger charge is 2.15. The standard InChI is InChI=1S/C14H13N3O2/c1-16-14-9(7-15)8-17-11-6-13-12(5-10(11)14)18-3-2-4-19-13/h5-6,8H,2-4H2,1H3,(H,16,17). The highest BCUT2D eigenvalue weighted by molar-refractivity contribution is 5.95. The summed E-state index contributed by atoms with van der Waals surface area (Å²) in [7, 11) is 1.79. The zero-order chi connectivity index (χ0) is 13.2. The molecule has 0 radical (unpaired) electrons. The zero-order valence-electron chi connectivity index (χ0n) is 10.6. The Morgan fingerprint density at radius 3 is 2.68 bits per heavy atom. The van der Waals surface area contributed by atoms with E-state index in [4.69, 9.17) is 14.7 Å². The van der Waals surface area contributed by atoms with Crippen LogP contribution in [-0.2, 0) is 0 Å². The average Bonchev–Trinajstić information content (AvgIpc) is 2.68. The Hall–Kier alpha value is -2.48. The van der Waals surface area contributed by atoms with Crippen molar-refractivity contribution in [3.05, 3.63) is 23.9 Å². The van der Waals surface area contributed by atoms with E-state index in [1.807, 2.05) is 12.1 Å². The first-order valence-electron chi connectivity index (χ1n) is 6.13. The molecule has 0 saturated carbocycles. The highest BCUT2D eigenvalue weighted by Crippen LogP contribution is 2.36. The summed E-state index contributed by atoms with van der Waals surface area (Å²) in [5.74, 6) is 1.42. The summed E-state index contributed by atoms with van der Waals surface area (Å²) < 4.78 is 11.3. The largest absolute Gasteiger partial charge is 0.490 e. The van der Waals surface area contributed by atoms with Gasteiger partial charge in [0.1, 0.15) is 6.07 Å². The van der Waals surface area contributed by atoms with Crippen LogP contribution in [0, 0.1) is 11.3 Å². The predicted octanol–water partition coefficient (Wildman–Crippen LogP) is 2.31. The molecule has 1 aromatic carbocycles. The van der Waals surface area contributed by atoms with Crippen LogP contribution in [-0.4, -0.2) is 25.2 Å². The van der Waals surface area contributed by atoms with Crippen LogP contribution in [0.4, 0.5) is 5.69 Å². The van der Waals surface area contributed by atoms with Gasteiger partial charge in [0.2, 0.25) is 0 Å². The van der Waals surface area contributed by atoms with Gasteiger partial charge in [0.05, 0.1) is 30.0 Å². The molecule has 5 nitrogen and oxygen atoms in total. The van der Waals surface area contributed by atoms with Gasteiger partial charge < -0.3 is 14.8 Å². The lowest BCUT2D eigenvalue weighted by Gasteiger charge is -2.12. The van der Waals surface area contributed by atoms with Gasteiger partial charge in [-0.3, -0.25) is 4.98 Å². The SMILES string of the molecule is CNc1c(C#N)cnc2cc3c(cc12)OCCCO3. The number of hydrogen-bond acceptors (Lipinski definition) is 5. The van der Waals surface area contributed by atoms with Gasteiger partial charge in [-0.1, -0.05) is 0 Å². The van der Waals surface area contributed by atoms with Crippen LogP contribution in [0.25, 0.3) is 10.9 Å². The van der Waals surface area contributed by atoms with Crippen molar-refractivity contribution in [2.24, 2.45) is 0 Å². The van der Waals surface area contributed by atoms with E-state index in [1.165, 1.54) is 0 Å². The molecule has 2 aromatic rings. The minimum absolute atomic E-state index is 0.518. The summed E-state index contributed by atoms with van der Waals surface area (Å²) >= 11 is 0. The van der Waals surface area contributed by atoms with Gasteiger partial charge >= 0.3 is 0 Å². The molecule has 0 amide bonds. The Labute approximate surface area is 110 Å². The topological polar surface area (TPSA) is 67.2 Å². The Bertz CT molecular complexity index is 676. The van der Waals surface area contributed by atoms with Crippen LogP contribution in [0.3, 0.4) is 0 Å². The minimum Gasteiger partial charge on any atom is -0.490 e. The van der Waals surface area contributed by atoms with Gasteiger partial charge in [-0.15, -0.1) is 0 Å². The van der Waals surface area contributed by atoms with Crippen molar-refractivity contribution in [3.8, 4) is 17.6 Å². The first kappa shape index (κ1) is 11.6. The summed E-state index contributed by atoms with van der Waals surface area (Å²) in [6, 6.07) is 5.88. The normalized spacial score (nSPS) is 13.7. The molecule has 0 unspecified atom stereocenters. The van der Waals surface area contributed by atoms with Crippen molar-refractivity contribution in [1.29, 1.82) is 5.26 Å². The monoisotopic (exact) mass is 255 g/mol. The Balaban J connectivity index is 2.27. The fraction of sp³-hybridized carbons (Fsp3) is 0.286. The summed E-state index contributed by atoms with van der Waals surface area (Å²) in [4.78, 5) is 4.30. The molecule has 0 aliphatic carbocycles. The molecule has 3 rings (SSSR count). The molecule has 2 heterocycles. The van der Waals surface area contributed by atoms with Gasteiger partial charge in [0.15, 0.2) is 11.5 Å². The van der Waals surface area contributed by atoms with Crippen molar-refractivity contribution in [2.75, 3.05) is 25.6 Å². The number of nitrogens with one attached hydrogen (secondary N) is 1. The average molecular weight is 255 g/mol. The van der Waals surface area contributed by atoms with Crippen LogP contribution >= 0.6 is 0 Å². The van der Waals surface area contributed by atoms with Crippen LogP contribution in [0.2, 0.25) is 0 Å². The Morgan fingerprint density at radius 1 is 1.26 bits per heavy atom. The molecule has 96 valence electrons. The van der Waals surface area contributed by atoms with Crippen molar-refractivity contribution >= 4 is 16.6 Å². The number of fused-ring (bicyclic) bond motifs is 2. The maximum atomic E-state index is 9.11. The van der Waals surface area contributed by atoms with Crippen molar-refractivity contribution in [2.45, 2.75) is 6.42 Å². The van der Waals surface area contributed by atoms with Crippen molar-refractivity contribution < 1.29 is 9.47 Å².